The molecule has 210 valence electrons. The van der Waals surface area contributed by atoms with Gasteiger partial charge in [0.2, 0.25) is 11.8 Å². The number of ether oxygens (including phenoxy) is 4. The van der Waals surface area contributed by atoms with Gasteiger partial charge in [-0.2, -0.15) is 0 Å². The second-order valence-corrected chi connectivity index (χ2v) is 9.78. The van der Waals surface area contributed by atoms with Crippen molar-refractivity contribution < 1.29 is 23.7 Å². The van der Waals surface area contributed by atoms with Crippen molar-refractivity contribution in [3.05, 3.63) is 63.5 Å². The number of H-pyrrole nitrogens is 1. The van der Waals surface area contributed by atoms with Crippen molar-refractivity contribution in [2.24, 2.45) is 11.1 Å². The van der Waals surface area contributed by atoms with E-state index in [1.165, 1.54) is 6.07 Å². The molecule has 0 aliphatic carbocycles. The Morgan fingerprint density at radius 1 is 1.00 bits per heavy atom. The quantitative estimate of drug-likeness (QED) is 0.254. The zero-order valence-corrected chi connectivity index (χ0v) is 23.3. The molecule has 0 aliphatic heterocycles. The molecule has 0 unspecified atom stereocenters. The molecule has 3 aromatic rings. The Morgan fingerprint density at radius 2 is 1.69 bits per heavy atom. The molecule has 1 aromatic carbocycles. The number of amides is 1. The highest BCUT2D eigenvalue weighted by molar-refractivity contribution is 6.33. The SMILES string of the molecule is CCOCCOCCOCCOc1ccc(-c2cc(=O)[nH]c(-c3cc(CC(C)(C)C(N)=O)ccc3Cl)n2)cn1. The van der Waals surface area contributed by atoms with Gasteiger partial charge in [-0.1, -0.05) is 31.5 Å². The van der Waals surface area contributed by atoms with Crippen LogP contribution < -0.4 is 16.0 Å². The molecule has 0 aliphatic rings. The summed E-state index contributed by atoms with van der Waals surface area (Å²) in [5.41, 5.74) is 6.89. The average Bonchev–Trinajstić information content (AvgIpc) is 2.90. The molecular weight excluding hydrogens is 524 g/mol. The average molecular weight is 559 g/mol. The van der Waals surface area contributed by atoms with Crippen LogP contribution in [0.2, 0.25) is 5.02 Å². The normalized spacial score (nSPS) is 11.5. The van der Waals surface area contributed by atoms with E-state index in [0.29, 0.717) is 86.2 Å². The smallest absolute Gasteiger partial charge is 0.251 e. The Balaban J connectivity index is 1.61. The Hall–Kier alpha value is -3.31. The number of hydrogen-bond acceptors (Lipinski definition) is 8. The summed E-state index contributed by atoms with van der Waals surface area (Å²) in [6.07, 6.45) is 2.00. The molecule has 0 radical (unpaired) electrons. The molecule has 0 saturated heterocycles. The van der Waals surface area contributed by atoms with Gasteiger partial charge in [-0.3, -0.25) is 9.59 Å². The third-order valence-electron chi connectivity index (χ3n) is 5.80. The number of aromatic amines is 1. The number of halogens is 1. The first-order valence-electron chi connectivity index (χ1n) is 12.7. The second-order valence-electron chi connectivity index (χ2n) is 9.37. The number of rotatable bonds is 16. The Morgan fingerprint density at radius 3 is 2.33 bits per heavy atom. The fourth-order valence-electron chi connectivity index (χ4n) is 3.60. The van der Waals surface area contributed by atoms with E-state index in [1.54, 1.807) is 44.3 Å². The molecule has 39 heavy (non-hydrogen) atoms. The van der Waals surface area contributed by atoms with Gasteiger partial charge in [-0.25, -0.2) is 9.97 Å². The fourth-order valence-corrected chi connectivity index (χ4v) is 3.81. The molecule has 0 atom stereocenters. The largest absolute Gasteiger partial charge is 0.475 e. The van der Waals surface area contributed by atoms with Crippen LogP contribution >= 0.6 is 11.6 Å². The van der Waals surface area contributed by atoms with Gasteiger partial charge in [0.15, 0.2) is 0 Å². The fraction of sp³-hybridized carbons (Fsp3) is 0.429. The summed E-state index contributed by atoms with van der Waals surface area (Å²) < 4.78 is 21.7. The Bertz CT molecular complexity index is 1280. The maximum Gasteiger partial charge on any atom is 0.251 e. The van der Waals surface area contributed by atoms with Crippen molar-refractivity contribution >= 4 is 17.5 Å². The number of pyridine rings is 1. The summed E-state index contributed by atoms with van der Waals surface area (Å²) in [5.74, 6) is 0.326. The highest BCUT2D eigenvalue weighted by Crippen LogP contribution is 2.30. The Kier molecular flexibility index (Phi) is 11.4. The molecule has 0 saturated carbocycles. The van der Waals surface area contributed by atoms with Crippen LogP contribution in [0.4, 0.5) is 0 Å². The van der Waals surface area contributed by atoms with E-state index in [9.17, 15) is 9.59 Å². The number of nitrogens with zero attached hydrogens (tertiary/aromatic N) is 2. The van der Waals surface area contributed by atoms with Crippen molar-refractivity contribution in [2.75, 3.05) is 46.2 Å². The Labute approximate surface area is 232 Å². The van der Waals surface area contributed by atoms with Gasteiger partial charge in [-0.15, -0.1) is 0 Å². The standard InChI is InChI=1S/C28H35ClN4O6/c1-4-36-9-10-37-11-12-38-13-14-39-25-8-6-20(18-31-25)23-16-24(34)33-26(32-23)21-15-19(5-7-22(21)29)17-28(2,3)27(30)35/h5-8,15-16,18H,4,9-14,17H2,1-3H3,(H2,30,35)(H,32,33,34). The zero-order valence-electron chi connectivity index (χ0n) is 22.5. The van der Waals surface area contributed by atoms with Crippen molar-refractivity contribution in [2.45, 2.75) is 27.2 Å². The number of hydrogen-bond donors (Lipinski definition) is 2. The lowest BCUT2D eigenvalue weighted by atomic mass is 9.85. The topological polar surface area (TPSA) is 139 Å². The minimum Gasteiger partial charge on any atom is -0.475 e. The van der Waals surface area contributed by atoms with Crippen LogP contribution in [0.3, 0.4) is 0 Å². The maximum atomic E-state index is 12.5. The number of aromatic nitrogens is 3. The van der Waals surface area contributed by atoms with Crippen molar-refractivity contribution in [3.8, 4) is 28.5 Å². The number of carbonyl (C=O) groups excluding carboxylic acids is 1. The van der Waals surface area contributed by atoms with Crippen LogP contribution in [0.15, 0.2) is 47.4 Å². The lowest BCUT2D eigenvalue weighted by molar-refractivity contribution is -0.125. The summed E-state index contributed by atoms with van der Waals surface area (Å²) in [6, 6.07) is 10.2. The number of nitrogens with one attached hydrogen (secondary N) is 1. The number of primary amides is 1. The molecular formula is C28H35ClN4O6. The lowest BCUT2D eigenvalue weighted by Crippen LogP contribution is -2.33. The van der Waals surface area contributed by atoms with E-state index in [0.717, 1.165) is 5.56 Å². The van der Waals surface area contributed by atoms with Gasteiger partial charge in [-0.05, 0) is 37.1 Å². The minimum atomic E-state index is -0.743. The van der Waals surface area contributed by atoms with Crippen LogP contribution in [0, 0.1) is 5.41 Å². The molecule has 0 bridgehead atoms. The van der Waals surface area contributed by atoms with Crippen LogP contribution in [-0.4, -0.2) is 67.1 Å². The van der Waals surface area contributed by atoms with Crippen LogP contribution in [0.25, 0.3) is 22.6 Å². The minimum absolute atomic E-state index is 0.306. The highest BCUT2D eigenvalue weighted by atomic mass is 35.5. The first-order valence-corrected chi connectivity index (χ1v) is 13.1. The summed E-state index contributed by atoms with van der Waals surface area (Å²) in [5, 5.41) is 0.414. The van der Waals surface area contributed by atoms with Crippen LogP contribution in [-0.2, 0) is 25.4 Å². The van der Waals surface area contributed by atoms with E-state index in [2.05, 4.69) is 15.0 Å². The van der Waals surface area contributed by atoms with Crippen molar-refractivity contribution in [1.29, 1.82) is 0 Å². The summed E-state index contributed by atoms with van der Waals surface area (Å²) in [7, 11) is 0. The molecule has 0 fully saturated rings. The van der Waals surface area contributed by atoms with E-state index in [-0.39, 0.29) is 5.56 Å². The summed E-state index contributed by atoms with van der Waals surface area (Å²) in [4.78, 5) is 35.9. The molecule has 10 nitrogen and oxygen atoms in total. The van der Waals surface area contributed by atoms with Crippen molar-refractivity contribution in [3.63, 3.8) is 0 Å². The summed E-state index contributed by atoms with van der Waals surface area (Å²) in [6.45, 7) is 8.98. The third kappa shape index (κ3) is 9.43. The molecule has 2 heterocycles. The number of nitrogens with two attached hydrogens (primary N) is 1. The van der Waals surface area contributed by atoms with Gasteiger partial charge < -0.3 is 29.7 Å². The van der Waals surface area contributed by atoms with E-state index < -0.39 is 11.3 Å². The van der Waals surface area contributed by atoms with Gasteiger partial charge in [0.05, 0.1) is 43.8 Å². The lowest BCUT2D eigenvalue weighted by Gasteiger charge is -2.20. The van der Waals surface area contributed by atoms with E-state index >= 15 is 0 Å². The van der Waals surface area contributed by atoms with Crippen LogP contribution in [0.5, 0.6) is 5.88 Å². The van der Waals surface area contributed by atoms with Gasteiger partial charge in [0.1, 0.15) is 12.4 Å². The predicted octanol–water partition coefficient (Wildman–Crippen LogP) is 3.65. The van der Waals surface area contributed by atoms with E-state index in [1.807, 2.05) is 13.0 Å². The maximum absolute atomic E-state index is 12.5. The van der Waals surface area contributed by atoms with Gasteiger partial charge in [0, 0.05) is 41.5 Å². The molecule has 3 N–H and O–H groups in total. The van der Waals surface area contributed by atoms with Gasteiger partial charge >= 0.3 is 0 Å². The van der Waals surface area contributed by atoms with Crippen LogP contribution in [0.1, 0.15) is 26.3 Å². The third-order valence-corrected chi connectivity index (χ3v) is 6.13. The first-order chi connectivity index (χ1) is 18.7. The highest BCUT2D eigenvalue weighted by Gasteiger charge is 2.25. The zero-order chi connectivity index (χ0) is 28.3. The number of carbonyl (C=O) groups is 1. The second kappa shape index (κ2) is 14.7. The van der Waals surface area contributed by atoms with Crippen molar-refractivity contribution in [1.82, 2.24) is 15.0 Å². The number of benzene rings is 1. The first kappa shape index (κ1) is 30.2. The van der Waals surface area contributed by atoms with Gasteiger partial charge in [0.25, 0.3) is 5.56 Å². The predicted molar refractivity (Wildman–Crippen MR) is 149 cm³/mol. The molecule has 1 amide bonds. The molecule has 11 heteroatoms. The molecule has 2 aromatic heterocycles. The van der Waals surface area contributed by atoms with E-state index in [4.69, 9.17) is 36.3 Å². The summed E-state index contributed by atoms with van der Waals surface area (Å²) >= 11 is 6.45. The molecule has 0 spiro atoms. The monoisotopic (exact) mass is 558 g/mol. The molecule has 3 rings (SSSR count).